The van der Waals surface area contributed by atoms with Crippen LogP contribution in [0.4, 0.5) is 0 Å². The van der Waals surface area contributed by atoms with Crippen LogP contribution in [0.1, 0.15) is 43.0 Å². The van der Waals surface area contributed by atoms with Crippen LogP contribution >= 0.6 is 0 Å². The molecule has 0 spiro atoms. The van der Waals surface area contributed by atoms with E-state index in [1.54, 1.807) is 6.07 Å². The van der Waals surface area contributed by atoms with Gasteiger partial charge in [-0.3, -0.25) is 4.79 Å². The molecule has 0 N–H and O–H groups in total. The second kappa shape index (κ2) is 8.78. The second-order valence-corrected chi connectivity index (χ2v) is 6.52. The zero-order valence-corrected chi connectivity index (χ0v) is 17.4. The van der Waals surface area contributed by atoms with Gasteiger partial charge in [0.2, 0.25) is 11.5 Å². The summed E-state index contributed by atoms with van der Waals surface area (Å²) in [6.45, 7) is 7.41. The van der Waals surface area contributed by atoms with Crippen LogP contribution in [-0.2, 0) is 4.74 Å². The van der Waals surface area contributed by atoms with Gasteiger partial charge < -0.3 is 18.9 Å². The van der Waals surface area contributed by atoms with E-state index in [0.29, 0.717) is 11.3 Å². The number of carbonyl (C=O) groups excluding carboxylic acids is 2. The van der Waals surface area contributed by atoms with Crippen molar-refractivity contribution in [3.8, 4) is 17.2 Å². The van der Waals surface area contributed by atoms with Gasteiger partial charge in [0, 0.05) is 5.56 Å². The summed E-state index contributed by atoms with van der Waals surface area (Å²) in [6.07, 6.45) is 0. The molecule has 0 aromatic heterocycles. The third-order valence-electron chi connectivity index (χ3n) is 4.89. The van der Waals surface area contributed by atoms with Crippen molar-refractivity contribution in [2.45, 2.75) is 27.7 Å². The van der Waals surface area contributed by atoms with Gasteiger partial charge in [-0.2, -0.15) is 0 Å². The first kappa shape index (κ1) is 21.3. The van der Waals surface area contributed by atoms with Crippen molar-refractivity contribution < 1.29 is 28.5 Å². The van der Waals surface area contributed by atoms with Crippen LogP contribution in [0.3, 0.4) is 0 Å². The van der Waals surface area contributed by atoms with Crippen molar-refractivity contribution in [3.05, 3.63) is 51.6 Å². The summed E-state index contributed by atoms with van der Waals surface area (Å²) in [6, 6.07) is 5.06. The highest BCUT2D eigenvalue weighted by molar-refractivity contribution is 6.02. The largest absolute Gasteiger partial charge is 0.493 e. The van der Waals surface area contributed by atoms with Crippen LogP contribution in [0, 0.1) is 27.7 Å². The van der Waals surface area contributed by atoms with Crippen LogP contribution in [0.15, 0.2) is 18.2 Å². The fraction of sp³-hybridized carbons (Fsp3) is 0.364. The molecule has 0 unspecified atom stereocenters. The summed E-state index contributed by atoms with van der Waals surface area (Å²) in [4.78, 5) is 25.3. The minimum atomic E-state index is -0.676. The Balaban J connectivity index is 2.26. The summed E-state index contributed by atoms with van der Waals surface area (Å²) in [5.74, 6) is -0.0194. The highest BCUT2D eigenvalue weighted by Gasteiger charge is 2.23. The summed E-state index contributed by atoms with van der Waals surface area (Å²) in [5.41, 5.74) is 4.70. The van der Waals surface area contributed by atoms with Crippen LogP contribution in [0.25, 0.3) is 0 Å². The number of aryl methyl sites for hydroxylation is 2. The van der Waals surface area contributed by atoms with E-state index >= 15 is 0 Å². The molecule has 28 heavy (non-hydrogen) atoms. The van der Waals surface area contributed by atoms with Gasteiger partial charge in [-0.25, -0.2) is 4.79 Å². The molecule has 2 aromatic rings. The number of ether oxygens (including phenoxy) is 4. The zero-order chi connectivity index (χ0) is 21.0. The molecule has 0 aliphatic heterocycles. The molecular weight excluding hydrogens is 360 g/mol. The number of hydrogen-bond donors (Lipinski definition) is 0. The molecular formula is C22H26O6. The molecule has 2 aromatic carbocycles. The lowest BCUT2D eigenvalue weighted by molar-refractivity contribution is 0.0470. The van der Waals surface area contributed by atoms with Gasteiger partial charge in [-0.05, 0) is 62.1 Å². The van der Waals surface area contributed by atoms with Gasteiger partial charge in [0.25, 0.3) is 0 Å². The van der Waals surface area contributed by atoms with E-state index in [9.17, 15) is 9.59 Å². The van der Waals surface area contributed by atoms with Crippen molar-refractivity contribution in [3.63, 3.8) is 0 Å². The Kier molecular flexibility index (Phi) is 6.67. The Bertz CT molecular complexity index is 914. The maximum Gasteiger partial charge on any atom is 0.342 e. The molecule has 0 saturated carbocycles. The molecule has 0 radical (unpaired) electrons. The van der Waals surface area contributed by atoms with E-state index < -0.39 is 5.97 Å². The summed E-state index contributed by atoms with van der Waals surface area (Å²) >= 11 is 0. The standard InChI is InChI=1S/C22H26O6/c1-12-10-13(2)19(15(4)14(12)3)17(23)11-28-22(24)16-8-9-18(25-5)21(27-7)20(16)26-6/h8-10H,11H2,1-7H3. The van der Waals surface area contributed by atoms with Crippen molar-refractivity contribution >= 4 is 11.8 Å². The second-order valence-electron chi connectivity index (χ2n) is 6.52. The van der Waals surface area contributed by atoms with Gasteiger partial charge in [0.15, 0.2) is 18.1 Å². The molecule has 0 bridgehead atoms. The smallest absolute Gasteiger partial charge is 0.342 e. The van der Waals surface area contributed by atoms with E-state index in [2.05, 4.69) is 0 Å². The first-order valence-electron chi connectivity index (χ1n) is 8.83. The van der Waals surface area contributed by atoms with Crippen molar-refractivity contribution in [2.75, 3.05) is 27.9 Å². The van der Waals surface area contributed by atoms with E-state index in [1.807, 2.05) is 33.8 Å². The number of esters is 1. The zero-order valence-electron chi connectivity index (χ0n) is 17.4. The Hall–Kier alpha value is -3.02. The lowest BCUT2D eigenvalue weighted by Crippen LogP contribution is -2.17. The Labute approximate surface area is 165 Å². The summed E-state index contributed by atoms with van der Waals surface area (Å²) < 4.78 is 21.1. The van der Waals surface area contributed by atoms with Gasteiger partial charge in [-0.15, -0.1) is 0 Å². The fourth-order valence-electron chi connectivity index (χ4n) is 3.26. The van der Waals surface area contributed by atoms with Gasteiger partial charge >= 0.3 is 5.97 Å². The third kappa shape index (κ3) is 3.96. The van der Waals surface area contributed by atoms with Crippen molar-refractivity contribution in [1.29, 1.82) is 0 Å². The Morgan fingerprint density at radius 2 is 1.46 bits per heavy atom. The summed E-state index contributed by atoms with van der Waals surface area (Å²) in [7, 11) is 4.35. The minimum Gasteiger partial charge on any atom is -0.493 e. The maximum atomic E-state index is 12.7. The SMILES string of the molecule is COc1ccc(C(=O)OCC(=O)c2c(C)cc(C)c(C)c2C)c(OC)c1OC. The quantitative estimate of drug-likeness (QED) is 0.529. The average Bonchev–Trinajstić information content (AvgIpc) is 2.68. The molecule has 0 amide bonds. The lowest BCUT2D eigenvalue weighted by atomic mass is 9.92. The number of Topliss-reactive ketones (excluding diaryl/α,β-unsaturated/α-hetero) is 1. The molecule has 0 heterocycles. The molecule has 6 nitrogen and oxygen atoms in total. The molecule has 2 rings (SSSR count). The number of rotatable bonds is 7. The molecule has 0 aliphatic rings. The highest BCUT2D eigenvalue weighted by Crippen LogP contribution is 2.40. The molecule has 0 aliphatic carbocycles. The maximum absolute atomic E-state index is 12.7. The van der Waals surface area contributed by atoms with E-state index in [-0.39, 0.29) is 29.5 Å². The Morgan fingerprint density at radius 1 is 0.821 bits per heavy atom. The van der Waals surface area contributed by atoms with Gasteiger partial charge in [0.05, 0.1) is 21.3 Å². The Morgan fingerprint density at radius 3 is 2.04 bits per heavy atom. The van der Waals surface area contributed by atoms with Crippen molar-refractivity contribution in [2.24, 2.45) is 0 Å². The average molecular weight is 386 g/mol. The first-order valence-corrected chi connectivity index (χ1v) is 8.83. The van der Waals surface area contributed by atoms with Gasteiger partial charge in [-0.1, -0.05) is 6.07 Å². The topological polar surface area (TPSA) is 71.1 Å². The molecule has 6 heteroatoms. The number of hydrogen-bond acceptors (Lipinski definition) is 6. The van der Waals surface area contributed by atoms with Crippen LogP contribution in [-0.4, -0.2) is 39.7 Å². The number of ketones is 1. The van der Waals surface area contributed by atoms with Gasteiger partial charge in [0.1, 0.15) is 5.56 Å². The van der Waals surface area contributed by atoms with Crippen LogP contribution in [0.5, 0.6) is 17.2 Å². The van der Waals surface area contributed by atoms with E-state index in [4.69, 9.17) is 18.9 Å². The molecule has 0 atom stereocenters. The van der Waals surface area contributed by atoms with Crippen LogP contribution < -0.4 is 14.2 Å². The first-order chi connectivity index (χ1) is 13.3. The van der Waals surface area contributed by atoms with Crippen LogP contribution in [0.2, 0.25) is 0 Å². The number of methoxy groups -OCH3 is 3. The fourth-order valence-corrected chi connectivity index (χ4v) is 3.26. The normalized spacial score (nSPS) is 10.4. The molecule has 150 valence electrons. The molecule has 0 saturated heterocycles. The highest BCUT2D eigenvalue weighted by atomic mass is 16.5. The van der Waals surface area contributed by atoms with E-state index in [1.165, 1.54) is 27.4 Å². The van der Waals surface area contributed by atoms with Crippen molar-refractivity contribution in [1.82, 2.24) is 0 Å². The predicted octanol–water partition coefficient (Wildman–Crippen LogP) is 3.99. The minimum absolute atomic E-state index is 0.154. The number of carbonyl (C=O) groups is 2. The molecule has 0 fully saturated rings. The summed E-state index contributed by atoms with van der Waals surface area (Å²) in [5, 5.41) is 0. The predicted molar refractivity (Wildman–Crippen MR) is 106 cm³/mol. The lowest BCUT2D eigenvalue weighted by Gasteiger charge is -2.16. The third-order valence-corrected chi connectivity index (χ3v) is 4.89. The monoisotopic (exact) mass is 386 g/mol. The number of benzene rings is 2. The van der Waals surface area contributed by atoms with E-state index in [0.717, 1.165) is 22.3 Å².